The molecule has 0 aliphatic carbocycles. The van der Waals surface area contributed by atoms with Crippen LogP contribution < -0.4 is 10.6 Å². The lowest BCUT2D eigenvalue weighted by molar-refractivity contribution is -0.138. The van der Waals surface area contributed by atoms with Gasteiger partial charge in [-0.15, -0.1) is 0 Å². The normalized spacial score (nSPS) is 11.7. The highest BCUT2D eigenvalue weighted by Crippen LogP contribution is 2.30. The van der Waals surface area contributed by atoms with Gasteiger partial charge in [0.25, 0.3) is 0 Å². The summed E-state index contributed by atoms with van der Waals surface area (Å²) in [5.74, 6) is -1.05. The fourth-order valence-corrected chi connectivity index (χ4v) is 2.32. The molecule has 0 aliphatic heterocycles. The van der Waals surface area contributed by atoms with E-state index in [9.17, 15) is 22.8 Å². The fraction of sp³-hybridized carbons (Fsp3) is 0.300. The van der Waals surface area contributed by atoms with Crippen LogP contribution in [0.2, 0.25) is 0 Å². The van der Waals surface area contributed by atoms with Gasteiger partial charge in [0.05, 0.1) is 5.56 Å². The summed E-state index contributed by atoms with van der Waals surface area (Å²) in [6, 6.07) is 13.6. The number of hydrogen-bond acceptors (Lipinski definition) is 2. The molecule has 2 aromatic carbocycles. The number of anilines is 1. The number of nitrogens with one attached hydrogen (secondary N) is 2. The van der Waals surface area contributed by atoms with E-state index in [1.54, 1.807) is 0 Å². The van der Waals surface area contributed by atoms with Gasteiger partial charge in [-0.05, 0) is 50.1 Å². The molecular weight excluding hydrogens is 357 g/mol. The maximum atomic E-state index is 12.6. The molecule has 0 heterocycles. The zero-order valence-electron chi connectivity index (χ0n) is 15.1. The molecule has 0 saturated heterocycles. The van der Waals surface area contributed by atoms with Crippen molar-refractivity contribution in [3.05, 3.63) is 65.7 Å². The predicted octanol–water partition coefficient (Wildman–Crippen LogP) is 4.03. The van der Waals surface area contributed by atoms with Crippen LogP contribution in [0.5, 0.6) is 0 Å². The van der Waals surface area contributed by atoms with Crippen molar-refractivity contribution in [3.63, 3.8) is 0 Å². The quantitative estimate of drug-likeness (QED) is 0.746. The van der Waals surface area contributed by atoms with Gasteiger partial charge in [-0.1, -0.05) is 30.3 Å². The van der Waals surface area contributed by atoms with E-state index in [-0.39, 0.29) is 5.69 Å². The molecule has 27 heavy (non-hydrogen) atoms. The van der Waals surface area contributed by atoms with Crippen LogP contribution in [0.1, 0.15) is 25.0 Å². The number of halogens is 3. The molecule has 2 aromatic rings. The second kappa shape index (κ2) is 8.24. The number of carbonyl (C=O) groups is 2. The summed E-state index contributed by atoms with van der Waals surface area (Å²) >= 11 is 0. The Bertz CT molecular complexity index is 785. The van der Waals surface area contributed by atoms with E-state index in [4.69, 9.17) is 0 Å². The molecule has 2 N–H and O–H groups in total. The Morgan fingerprint density at radius 3 is 2.04 bits per heavy atom. The first-order chi connectivity index (χ1) is 12.6. The highest BCUT2D eigenvalue weighted by atomic mass is 19.4. The Hall–Kier alpha value is -2.83. The van der Waals surface area contributed by atoms with Crippen LogP contribution in [0.4, 0.5) is 18.9 Å². The molecule has 0 unspecified atom stereocenters. The van der Waals surface area contributed by atoms with E-state index in [0.717, 1.165) is 29.8 Å². The lowest BCUT2D eigenvalue weighted by atomic mass is 9.90. The molecule has 0 bridgehead atoms. The second-order valence-corrected chi connectivity index (χ2v) is 6.65. The first-order valence-corrected chi connectivity index (χ1v) is 8.41. The number of carbonyl (C=O) groups excluding carboxylic acids is 2. The third-order valence-electron chi connectivity index (χ3n) is 4.15. The SMILES string of the molecule is CC(C)(C(=O)NCCc1ccccc1)C(=O)Nc1ccc(C(F)(F)F)cc1. The molecule has 7 heteroatoms. The zero-order chi connectivity index (χ0) is 20.1. The largest absolute Gasteiger partial charge is 0.416 e. The van der Waals surface area contributed by atoms with Crippen molar-refractivity contribution in [2.75, 3.05) is 11.9 Å². The molecule has 0 fully saturated rings. The van der Waals surface area contributed by atoms with Crippen LogP contribution in [0.15, 0.2) is 54.6 Å². The molecule has 2 amide bonds. The third kappa shape index (κ3) is 5.57. The van der Waals surface area contributed by atoms with E-state index in [1.165, 1.54) is 13.8 Å². The summed E-state index contributed by atoms with van der Waals surface area (Å²) in [6.45, 7) is 3.30. The second-order valence-electron chi connectivity index (χ2n) is 6.65. The molecule has 0 spiro atoms. The maximum Gasteiger partial charge on any atom is 0.416 e. The fourth-order valence-electron chi connectivity index (χ4n) is 2.32. The van der Waals surface area contributed by atoms with E-state index in [2.05, 4.69) is 10.6 Å². The van der Waals surface area contributed by atoms with Gasteiger partial charge in [-0.3, -0.25) is 9.59 Å². The van der Waals surface area contributed by atoms with Gasteiger partial charge in [-0.25, -0.2) is 0 Å². The Morgan fingerprint density at radius 2 is 1.48 bits per heavy atom. The summed E-state index contributed by atoms with van der Waals surface area (Å²) in [5, 5.41) is 5.20. The topological polar surface area (TPSA) is 58.2 Å². The zero-order valence-corrected chi connectivity index (χ0v) is 15.1. The Morgan fingerprint density at radius 1 is 0.889 bits per heavy atom. The van der Waals surface area contributed by atoms with E-state index in [0.29, 0.717) is 13.0 Å². The van der Waals surface area contributed by atoms with Crippen LogP contribution in [-0.4, -0.2) is 18.4 Å². The summed E-state index contributed by atoms with van der Waals surface area (Å²) in [7, 11) is 0. The average molecular weight is 378 g/mol. The van der Waals surface area contributed by atoms with Crippen molar-refractivity contribution in [1.82, 2.24) is 5.32 Å². The van der Waals surface area contributed by atoms with Crippen molar-refractivity contribution in [3.8, 4) is 0 Å². The smallest absolute Gasteiger partial charge is 0.355 e. The monoisotopic (exact) mass is 378 g/mol. The van der Waals surface area contributed by atoms with Crippen LogP contribution in [0.25, 0.3) is 0 Å². The number of alkyl halides is 3. The van der Waals surface area contributed by atoms with Crippen molar-refractivity contribution in [2.24, 2.45) is 5.41 Å². The maximum absolute atomic E-state index is 12.6. The minimum atomic E-state index is -4.44. The van der Waals surface area contributed by atoms with Crippen LogP contribution in [-0.2, 0) is 22.2 Å². The van der Waals surface area contributed by atoms with Gasteiger partial charge in [0, 0.05) is 12.2 Å². The number of amides is 2. The van der Waals surface area contributed by atoms with Gasteiger partial charge in [0.1, 0.15) is 5.41 Å². The van der Waals surface area contributed by atoms with Crippen LogP contribution in [0, 0.1) is 5.41 Å². The molecule has 0 aromatic heterocycles. The Kier molecular flexibility index (Phi) is 6.25. The van der Waals surface area contributed by atoms with Crippen molar-refractivity contribution >= 4 is 17.5 Å². The molecule has 0 radical (unpaired) electrons. The standard InChI is InChI=1S/C20H21F3N2O2/c1-19(2,17(26)24-13-12-14-6-4-3-5-7-14)18(27)25-16-10-8-15(9-11-16)20(21,22)23/h3-11H,12-13H2,1-2H3,(H,24,26)(H,25,27). The summed E-state index contributed by atoms with van der Waals surface area (Å²) in [6.07, 6.45) is -3.82. The Balaban J connectivity index is 1.92. The van der Waals surface area contributed by atoms with E-state index < -0.39 is 29.0 Å². The highest BCUT2D eigenvalue weighted by molar-refractivity contribution is 6.09. The molecule has 0 saturated carbocycles. The molecule has 4 nitrogen and oxygen atoms in total. The van der Waals surface area contributed by atoms with Crippen molar-refractivity contribution in [2.45, 2.75) is 26.4 Å². The number of hydrogen-bond donors (Lipinski definition) is 2. The number of benzene rings is 2. The van der Waals surface area contributed by atoms with Gasteiger partial charge in [0.15, 0.2) is 0 Å². The number of rotatable bonds is 6. The lowest BCUT2D eigenvalue weighted by Crippen LogP contribution is -2.45. The van der Waals surface area contributed by atoms with Crippen molar-refractivity contribution < 1.29 is 22.8 Å². The minimum absolute atomic E-state index is 0.193. The molecule has 0 atom stereocenters. The highest BCUT2D eigenvalue weighted by Gasteiger charge is 2.36. The lowest BCUT2D eigenvalue weighted by Gasteiger charge is -2.23. The van der Waals surface area contributed by atoms with Crippen LogP contribution in [0.3, 0.4) is 0 Å². The summed E-state index contributed by atoms with van der Waals surface area (Å²) in [4.78, 5) is 24.7. The van der Waals surface area contributed by atoms with Crippen molar-refractivity contribution in [1.29, 1.82) is 0 Å². The summed E-state index contributed by atoms with van der Waals surface area (Å²) in [5.41, 5.74) is -0.930. The molecule has 144 valence electrons. The van der Waals surface area contributed by atoms with E-state index >= 15 is 0 Å². The van der Waals surface area contributed by atoms with E-state index in [1.807, 2.05) is 30.3 Å². The first kappa shape index (κ1) is 20.5. The summed E-state index contributed by atoms with van der Waals surface area (Å²) < 4.78 is 37.7. The third-order valence-corrected chi connectivity index (χ3v) is 4.15. The molecule has 0 aliphatic rings. The average Bonchev–Trinajstić information content (AvgIpc) is 2.62. The first-order valence-electron chi connectivity index (χ1n) is 8.41. The Labute approximate surface area is 155 Å². The molecular formula is C20H21F3N2O2. The van der Waals surface area contributed by atoms with Gasteiger partial charge >= 0.3 is 6.18 Å². The molecule has 2 rings (SSSR count). The van der Waals surface area contributed by atoms with Gasteiger partial charge < -0.3 is 10.6 Å². The van der Waals surface area contributed by atoms with Gasteiger partial charge in [-0.2, -0.15) is 13.2 Å². The minimum Gasteiger partial charge on any atom is -0.355 e. The van der Waals surface area contributed by atoms with Crippen LogP contribution >= 0.6 is 0 Å². The predicted molar refractivity (Wildman–Crippen MR) is 97.0 cm³/mol. The van der Waals surface area contributed by atoms with Gasteiger partial charge in [0.2, 0.25) is 11.8 Å².